The number of halogens is 1. The van der Waals surface area contributed by atoms with E-state index < -0.39 is 10.0 Å². The van der Waals surface area contributed by atoms with E-state index in [1.807, 2.05) is 13.8 Å². The van der Waals surface area contributed by atoms with Crippen molar-refractivity contribution in [3.8, 4) is 11.1 Å². The van der Waals surface area contributed by atoms with Gasteiger partial charge in [-0.25, -0.2) is 4.39 Å². The van der Waals surface area contributed by atoms with Crippen LogP contribution in [0.2, 0.25) is 0 Å². The van der Waals surface area contributed by atoms with Crippen molar-refractivity contribution < 1.29 is 4.39 Å². The van der Waals surface area contributed by atoms with Crippen LogP contribution in [0.5, 0.6) is 0 Å². The monoisotopic (exact) mass is 681 g/mol. The number of benzene rings is 7. The van der Waals surface area contributed by atoms with Gasteiger partial charge in [-0.1, -0.05) is 123 Å². The highest BCUT2D eigenvalue weighted by molar-refractivity contribution is 8.34. The maximum absolute atomic E-state index is 14.8. The summed E-state index contributed by atoms with van der Waals surface area (Å²) in [6, 6.07) is 63.8. The van der Waals surface area contributed by atoms with Crippen molar-refractivity contribution in [1.29, 1.82) is 0 Å². The second kappa shape index (κ2) is 13.9. The molecule has 9 rings (SSSR count). The molecular weight excluding hydrogens is 642 g/mol. The van der Waals surface area contributed by atoms with Gasteiger partial charge in [0.05, 0.1) is 6.04 Å². The molecule has 250 valence electrons. The summed E-state index contributed by atoms with van der Waals surface area (Å²) in [7, 11) is -1.81. The van der Waals surface area contributed by atoms with E-state index in [9.17, 15) is 4.39 Å². The molecule has 1 aliphatic carbocycles. The van der Waals surface area contributed by atoms with Gasteiger partial charge in [0, 0.05) is 36.5 Å². The van der Waals surface area contributed by atoms with Gasteiger partial charge in [-0.2, -0.15) is 0 Å². The lowest BCUT2D eigenvalue weighted by molar-refractivity contribution is 0.646. The molecule has 7 aromatic carbocycles. The molecule has 0 spiro atoms. The summed E-state index contributed by atoms with van der Waals surface area (Å²) >= 11 is 0. The zero-order valence-corrected chi connectivity index (χ0v) is 29.7. The number of hydrogen-bond donors (Lipinski definition) is 0. The SMILES string of the molecule is CC.FC1=CCC2C(=C1)c1c(ccc3ccccc13)N2c1cccc(-c2cccc(S(c3ccccc3)(c3ccccc3)c3ccccc3)c2)c1. The Balaban J connectivity index is 0.00000184. The topological polar surface area (TPSA) is 3.24 Å². The van der Waals surface area contributed by atoms with Crippen molar-refractivity contribution in [3.63, 3.8) is 0 Å². The minimum absolute atomic E-state index is 0.0354. The number of anilines is 2. The molecule has 1 aliphatic heterocycles. The molecule has 0 amide bonds. The first-order chi connectivity index (χ1) is 25.2. The van der Waals surface area contributed by atoms with Crippen LogP contribution >= 0.6 is 10.0 Å². The van der Waals surface area contributed by atoms with Crippen molar-refractivity contribution in [2.75, 3.05) is 4.90 Å². The average molecular weight is 682 g/mol. The van der Waals surface area contributed by atoms with Crippen molar-refractivity contribution in [2.24, 2.45) is 0 Å². The Morgan fingerprint density at radius 1 is 0.549 bits per heavy atom. The number of rotatable bonds is 6. The zero-order chi connectivity index (χ0) is 34.8. The summed E-state index contributed by atoms with van der Waals surface area (Å²) in [5.41, 5.74) is 6.75. The Kier molecular flexibility index (Phi) is 8.90. The molecule has 0 radical (unpaired) electrons. The van der Waals surface area contributed by atoms with E-state index in [-0.39, 0.29) is 11.9 Å². The van der Waals surface area contributed by atoms with E-state index in [0.29, 0.717) is 6.42 Å². The predicted molar refractivity (Wildman–Crippen MR) is 215 cm³/mol. The van der Waals surface area contributed by atoms with Crippen molar-refractivity contribution in [2.45, 2.75) is 45.9 Å². The first-order valence-electron chi connectivity index (χ1n) is 17.8. The standard InChI is InChI=1S/C46H34FNS.C2H6/c47-36-27-29-44-43(32-36)46-42-25-11-10-14-33(42)26-28-45(46)48(44)37-17-12-15-34(30-37)35-16-13-24-41(31-35)49(38-18-4-1-5-19-38,39-20-6-2-7-21-39)40-22-8-3-9-23-40;1-2/h1-28,30-32,44H,29H2;1-2H3. The number of nitrogens with zero attached hydrogens (tertiary/aromatic N) is 1. The molecule has 0 fully saturated rings. The summed E-state index contributed by atoms with van der Waals surface area (Å²) < 4.78 is 14.8. The molecular formula is C48H40FNS. The Labute approximate surface area is 302 Å². The molecule has 51 heavy (non-hydrogen) atoms. The van der Waals surface area contributed by atoms with Gasteiger partial charge in [0.2, 0.25) is 0 Å². The first kappa shape index (κ1) is 32.6. The third-order valence-corrected chi connectivity index (χ3v) is 13.8. The van der Waals surface area contributed by atoms with Gasteiger partial charge in [-0.15, -0.1) is 10.0 Å². The largest absolute Gasteiger partial charge is 0.333 e. The molecule has 1 nitrogen and oxygen atoms in total. The van der Waals surface area contributed by atoms with E-state index in [1.54, 1.807) is 12.2 Å². The lowest BCUT2D eigenvalue weighted by Gasteiger charge is -2.42. The highest BCUT2D eigenvalue weighted by atomic mass is 32.3. The molecule has 7 aromatic rings. The van der Waals surface area contributed by atoms with Crippen LogP contribution in [0.25, 0.3) is 27.5 Å². The Morgan fingerprint density at radius 2 is 1.10 bits per heavy atom. The van der Waals surface area contributed by atoms with Crippen LogP contribution in [0.15, 0.2) is 213 Å². The van der Waals surface area contributed by atoms with Crippen LogP contribution in [-0.4, -0.2) is 6.04 Å². The lowest BCUT2D eigenvalue weighted by Crippen LogP contribution is -2.27. The summed E-state index contributed by atoms with van der Waals surface area (Å²) in [4.78, 5) is 7.61. The minimum atomic E-state index is -1.81. The summed E-state index contributed by atoms with van der Waals surface area (Å²) in [5.74, 6) is -0.154. The lowest BCUT2D eigenvalue weighted by atomic mass is 9.92. The van der Waals surface area contributed by atoms with Gasteiger partial charge >= 0.3 is 0 Å². The van der Waals surface area contributed by atoms with Gasteiger partial charge < -0.3 is 4.90 Å². The quantitative estimate of drug-likeness (QED) is 0.169. The Hall–Kier alpha value is -5.64. The highest BCUT2D eigenvalue weighted by Gasteiger charge is 2.37. The number of hydrogen-bond acceptors (Lipinski definition) is 1. The van der Waals surface area contributed by atoms with Gasteiger partial charge in [0.25, 0.3) is 0 Å². The van der Waals surface area contributed by atoms with Crippen LogP contribution in [0.1, 0.15) is 25.8 Å². The molecule has 1 heterocycles. The third kappa shape index (κ3) is 5.59. The smallest absolute Gasteiger partial charge is 0.119 e. The van der Waals surface area contributed by atoms with Gasteiger partial charge in [-0.05, 0) is 113 Å². The van der Waals surface area contributed by atoms with E-state index >= 15 is 0 Å². The first-order valence-corrected chi connectivity index (χ1v) is 19.4. The molecule has 1 atom stereocenters. The van der Waals surface area contributed by atoms with Crippen LogP contribution in [0.4, 0.5) is 15.8 Å². The third-order valence-electron chi connectivity index (χ3n) is 9.89. The van der Waals surface area contributed by atoms with Crippen molar-refractivity contribution in [1.82, 2.24) is 0 Å². The van der Waals surface area contributed by atoms with E-state index in [2.05, 4.69) is 181 Å². The molecule has 1 unspecified atom stereocenters. The normalized spacial score (nSPS) is 15.2. The molecule has 0 saturated heterocycles. The molecule has 0 aromatic heterocycles. The van der Waals surface area contributed by atoms with Gasteiger partial charge in [0.15, 0.2) is 0 Å². The maximum atomic E-state index is 14.8. The van der Waals surface area contributed by atoms with E-state index in [0.717, 1.165) is 28.1 Å². The Bertz CT molecular complexity index is 2280. The maximum Gasteiger partial charge on any atom is 0.119 e. The van der Waals surface area contributed by atoms with Crippen LogP contribution in [0, 0.1) is 0 Å². The predicted octanol–water partition coefficient (Wildman–Crippen LogP) is 14.0. The number of allylic oxidation sites excluding steroid dienone is 2. The van der Waals surface area contributed by atoms with Crippen LogP contribution in [0.3, 0.4) is 0 Å². The zero-order valence-electron chi connectivity index (χ0n) is 28.9. The molecule has 0 bridgehead atoms. The molecule has 3 heteroatoms. The molecule has 0 N–H and O–H groups in total. The van der Waals surface area contributed by atoms with E-state index in [4.69, 9.17) is 0 Å². The summed E-state index contributed by atoms with van der Waals surface area (Å²) in [5, 5.41) is 2.34. The molecule has 2 aliphatic rings. The summed E-state index contributed by atoms with van der Waals surface area (Å²) in [6.07, 6.45) is 4.09. The summed E-state index contributed by atoms with van der Waals surface area (Å²) in [6.45, 7) is 4.00. The second-order valence-corrected chi connectivity index (χ2v) is 15.7. The van der Waals surface area contributed by atoms with Crippen LogP contribution in [-0.2, 0) is 0 Å². The molecule has 0 saturated carbocycles. The van der Waals surface area contributed by atoms with Crippen molar-refractivity contribution in [3.05, 3.63) is 199 Å². The highest BCUT2D eigenvalue weighted by Crippen LogP contribution is 2.73. The van der Waals surface area contributed by atoms with Crippen LogP contribution < -0.4 is 4.90 Å². The fourth-order valence-electron chi connectivity index (χ4n) is 7.78. The van der Waals surface area contributed by atoms with E-state index in [1.165, 1.54) is 35.9 Å². The average Bonchev–Trinajstić information content (AvgIpc) is 3.54. The minimum Gasteiger partial charge on any atom is -0.333 e. The van der Waals surface area contributed by atoms with Gasteiger partial charge in [0.1, 0.15) is 5.83 Å². The van der Waals surface area contributed by atoms with Gasteiger partial charge in [-0.3, -0.25) is 0 Å². The number of fused-ring (bicyclic) bond motifs is 5. The fourth-order valence-corrected chi connectivity index (χ4v) is 11.7. The van der Waals surface area contributed by atoms with Crippen molar-refractivity contribution >= 4 is 37.7 Å². The Morgan fingerprint density at radius 3 is 1.75 bits per heavy atom. The fraction of sp³-hybridized carbons (Fsp3) is 0.0833. The second-order valence-electron chi connectivity index (χ2n) is 12.6.